The highest BCUT2D eigenvalue weighted by Crippen LogP contribution is 2.37. The second kappa shape index (κ2) is 8.12. The molecule has 0 atom stereocenters. The summed E-state index contributed by atoms with van der Waals surface area (Å²) < 4.78 is 33.3. The average molecular weight is 479 g/mol. The minimum Gasteiger partial charge on any atom is -0.339 e. The molecule has 2 aliphatic rings. The highest BCUT2D eigenvalue weighted by molar-refractivity contribution is 7.91. The summed E-state index contributed by atoms with van der Waals surface area (Å²) in [5, 5.41) is 7.68. The molecule has 3 aromatic rings. The summed E-state index contributed by atoms with van der Waals surface area (Å²) in [6.07, 6.45) is 3.30. The molecule has 0 spiro atoms. The van der Waals surface area contributed by atoms with Crippen molar-refractivity contribution in [2.45, 2.75) is 36.3 Å². The molecule has 8 nitrogen and oxygen atoms in total. The van der Waals surface area contributed by atoms with E-state index in [9.17, 15) is 13.2 Å². The molecule has 0 aromatic carbocycles. The van der Waals surface area contributed by atoms with Gasteiger partial charge in [-0.25, -0.2) is 8.42 Å². The fraction of sp³-hybridized carbons (Fsp3) is 0.450. The summed E-state index contributed by atoms with van der Waals surface area (Å²) in [5.41, 5.74) is 1.61. The minimum atomic E-state index is -3.63. The first kappa shape index (κ1) is 20.8. The van der Waals surface area contributed by atoms with E-state index in [0.29, 0.717) is 36.3 Å². The second-order valence-electron chi connectivity index (χ2n) is 7.87. The molecule has 1 saturated heterocycles. The van der Waals surface area contributed by atoms with Crippen molar-refractivity contribution in [3.8, 4) is 11.4 Å². The quantitative estimate of drug-likeness (QED) is 0.556. The van der Waals surface area contributed by atoms with E-state index < -0.39 is 10.0 Å². The third kappa shape index (κ3) is 3.84. The molecule has 1 aliphatic carbocycles. The Morgan fingerprint density at radius 1 is 1.19 bits per heavy atom. The Kier molecular flexibility index (Phi) is 5.45. The molecule has 0 N–H and O–H groups in total. The minimum absolute atomic E-state index is 0.0256. The topological polar surface area (TPSA) is 96.6 Å². The van der Waals surface area contributed by atoms with Crippen LogP contribution in [0.1, 0.15) is 46.3 Å². The molecule has 0 unspecified atom stereocenters. The standard InChI is InChI=1S/C20H22N4O4S3/c1-13-5-10-29-17(13)20(25)23-6-8-24(9-7-23)31(26,27)16-11-15(12-30-16)18-21-19(28-22-18)14-3-2-4-14/h5,10-12,14H,2-4,6-9H2,1H3. The van der Waals surface area contributed by atoms with Gasteiger partial charge in [0, 0.05) is 43.0 Å². The number of aromatic nitrogens is 2. The molecule has 31 heavy (non-hydrogen) atoms. The van der Waals surface area contributed by atoms with Crippen molar-refractivity contribution in [3.63, 3.8) is 0 Å². The smallest absolute Gasteiger partial charge is 0.264 e. The fourth-order valence-corrected chi connectivity index (χ4v) is 7.36. The van der Waals surface area contributed by atoms with Crippen LogP contribution in [-0.4, -0.2) is 59.8 Å². The van der Waals surface area contributed by atoms with Gasteiger partial charge in [-0.2, -0.15) is 9.29 Å². The van der Waals surface area contributed by atoms with Crippen molar-refractivity contribution in [1.82, 2.24) is 19.3 Å². The van der Waals surface area contributed by atoms with Crippen LogP contribution in [0.3, 0.4) is 0 Å². The van der Waals surface area contributed by atoms with Crippen LogP contribution in [0, 0.1) is 6.92 Å². The molecule has 4 heterocycles. The maximum absolute atomic E-state index is 13.1. The lowest BCUT2D eigenvalue weighted by Crippen LogP contribution is -2.50. The van der Waals surface area contributed by atoms with Gasteiger partial charge in [0.2, 0.25) is 11.7 Å². The second-order valence-corrected chi connectivity index (χ2v) is 11.9. The number of amides is 1. The van der Waals surface area contributed by atoms with Crippen LogP contribution < -0.4 is 0 Å². The molecular weight excluding hydrogens is 456 g/mol. The number of aryl methyl sites for hydroxylation is 1. The van der Waals surface area contributed by atoms with Crippen LogP contribution in [0.25, 0.3) is 11.4 Å². The molecule has 164 valence electrons. The lowest BCUT2D eigenvalue weighted by Gasteiger charge is -2.33. The molecule has 0 bridgehead atoms. The van der Waals surface area contributed by atoms with Gasteiger partial charge in [0.05, 0.1) is 4.88 Å². The number of rotatable bonds is 5. The van der Waals surface area contributed by atoms with Gasteiger partial charge < -0.3 is 9.42 Å². The molecule has 0 radical (unpaired) electrons. The number of hydrogen-bond acceptors (Lipinski definition) is 8. The lowest BCUT2D eigenvalue weighted by molar-refractivity contribution is 0.0702. The number of hydrogen-bond donors (Lipinski definition) is 0. The predicted octanol–water partition coefficient (Wildman–Crippen LogP) is 3.58. The van der Waals surface area contributed by atoms with Crippen LogP contribution >= 0.6 is 22.7 Å². The Morgan fingerprint density at radius 2 is 1.97 bits per heavy atom. The van der Waals surface area contributed by atoms with Gasteiger partial charge in [0.1, 0.15) is 4.21 Å². The van der Waals surface area contributed by atoms with Crippen LogP contribution in [0.2, 0.25) is 0 Å². The maximum atomic E-state index is 13.1. The summed E-state index contributed by atoms with van der Waals surface area (Å²) in [6.45, 7) is 3.23. The molecule has 11 heteroatoms. The Bertz CT molecular complexity index is 1200. The van der Waals surface area contributed by atoms with Crippen molar-refractivity contribution in [2.24, 2.45) is 0 Å². The Hall–Kier alpha value is -2.08. The van der Waals surface area contributed by atoms with Crippen LogP contribution in [0.4, 0.5) is 0 Å². The van der Waals surface area contributed by atoms with E-state index in [1.165, 1.54) is 22.1 Å². The summed E-state index contributed by atoms with van der Waals surface area (Å²) >= 11 is 2.58. The Balaban J connectivity index is 1.26. The molecule has 1 saturated carbocycles. The monoisotopic (exact) mass is 478 g/mol. The van der Waals surface area contributed by atoms with Gasteiger partial charge in [-0.15, -0.1) is 22.7 Å². The van der Waals surface area contributed by atoms with E-state index >= 15 is 0 Å². The van der Waals surface area contributed by atoms with Crippen molar-refractivity contribution >= 4 is 38.6 Å². The van der Waals surface area contributed by atoms with Crippen LogP contribution in [0.15, 0.2) is 31.6 Å². The zero-order valence-corrected chi connectivity index (χ0v) is 19.4. The van der Waals surface area contributed by atoms with Crippen LogP contribution in [-0.2, 0) is 10.0 Å². The van der Waals surface area contributed by atoms with E-state index in [4.69, 9.17) is 4.52 Å². The number of thiophene rings is 2. The van der Waals surface area contributed by atoms with E-state index in [1.54, 1.807) is 16.3 Å². The number of carbonyl (C=O) groups excluding carboxylic acids is 1. The molecule has 1 amide bonds. The molecule has 1 aliphatic heterocycles. The average Bonchev–Trinajstić information content (AvgIpc) is 3.47. The van der Waals surface area contributed by atoms with Gasteiger partial charge >= 0.3 is 0 Å². The van der Waals surface area contributed by atoms with E-state index in [-0.39, 0.29) is 23.2 Å². The van der Waals surface area contributed by atoms with Gasteiger partial charge in [0.25, 0.3) is 15.9 Å². The number of sulfonamides is 1. The van der Waals surface area contributed by atoms with Gasteiger partial charge in [-0.3, -0.25) is 4.79 Å². The molecular formula is C20H22N4O4S3. The summed E-state index contributed by atoms with van der Waals surface area (Å²) in [7, 11) is -3.63. The van der Waals surface area contributed by atoms with Crippen molar-refractivity contribution in [1.29, 1.82) is 0 Å². The van der Waals surface area contributed by atoms with E-state index in [2.05, 4.69) is 10.1 Å². The highest BCUT2D eigenvalue weighted by Gasteiger charge is 2.32. The van der Waals surface area contributed by atoms with Crippen molar-refractivity contribution in [3.05, 3.63) is 39.2 Å². The normalized spacial score (nSPS) is 18.3. The number of piperazine rings is 1. The number of nitrogens with zero attached hydrogens (tertiary/aromatic N) is 4. The van der Waals surface area contributed by atoms with Crippen molar-refractivity contribution in [2.75, 3.05) is 26.2 Å². The third-order valence-corrected chi connectivity index (χ3v) is 10.2. The van der Waals surface area contributed by atoms with Gasteiger partial charge in [-0.1, -0.05) is 11.6 Å². The first-order valence-electron chi connectivity index (χ1n) is 10.2. The maximum Gasteiger partial charge on any atom is 0.264 e. The van der Waals surface area contributed by atoms with Gasteiger partial charge in [-0.05, 0) is 42.8 Å². The third-order valence-electron chi connectivity index (χ3n) is 5.91. The summed E-state index contributed by atoms with van der Waals surface area (Å²) in [4.78, 5) is 19.6. The van der Waals surface area contributed by atoms with E-state index in [0.717, 1.165) is 34.6 Å². The fourth-order valence-electron chi connectivity index (χ4n) is 3.74. The van der Waals surface area contributed by atoms with Gasteiger partial charge in [0.15, 0.2) is 0 Å². The van der Waals surface area contributed by atoms with Crippen LogP contribution in [0.5, 0.6) is 0 Å². The number of carbonyl (C=O) groups is 1. The molecule has 3 aromatic heterocycles. The highest BCUT2D eigenvalue weighted by atomic mass is 32.2. The largest absolute Gasteiger partial charge is 0.339 e. The first-order chi connectivity index (χ1) is 14.9. The zero-order chi connectivity index (χ0) is 21.6. The Labute approximate surface area is 188 Å². The van der Waals surface area contributed by atoms with E-state index in [1.807, 2.05) is 18.4 Å². The lowest BCUT2D eigenvalue weighted by atomic mass is 9.85. The van der Waals surface area contributed by atoms with Crippen molar-refractivity contribution < 1.29 is 17.7 Å². The SMILES string of the molecule is Cc1ccsc1C(=O)N1CCN(S(=O)(=O)c2cc(-c3noc(C4CCC4)n3)cs2)CC1. The summed E-state index contributed by atoms with van der Waals surface area (Å²) in [6, 6.07) is 3.54. The first-order valence-corrected chi connectivity index (χ1v) is 13.4. The summed E-state index contributed by atoms with van der Waals surface area (Å²) in [5.74, 6) is 1.38. The Morgan fingerprint density at radius 3 is 2.61 bits per heavy atom. The zero-order valence-electron chi connectivity index (χ0n) is 17.0. The molecule has 2 fully saturated rings. The molecule has 5 rings (SSSR count). The predicted molar refractivity (Wildman–Crippen MR) is 118 cm³/mol.